The van der Waals surface area contributed by atoms with E-state index in [4.69, 9.17) is 27.9 Å². The second-order valence-corrected chi connectivity index (χ2v) is 6.67. The first-order valence-electron chi connectivity index (χ1n) is 8.08. The molecule has 0 radical (unpaired) electrons. The molecule has 142 valence electrons. The van der Waals surface area contributed by atoms with Gasteiger partial charge < -0.3 is 9.84 Å². The standard InChI is InChI=1S/C20H14Cl2N2O4/c1-10(25)16(20(27)28-2)17-12-5-3-4-6-13(12)18(23-17)24-19(26)14-8-7-11(21)9-15(14)22/h3-9,25H,1-2H3/b16-10+,24-18?. The van der Waals surface area contributed by atoms with Gasteiger partial charge in [0.25, 0.3) is 5.91 Å². The Labute approximate surface area is 170 Å². The second-order valence-electron chi connectivity index (χ2n) is 5.82. The number of aliphatic hydroxyl groups is 1. The van der Waals surface area contributed by atoms with Crippen LogP contribution in [-0.4, -0.2) is 35.6 Å². The highest BCUT2D eigenvalue weighted by Gasteiger charge is 2.30. The summed E-state index contributed by atoms with van der Waals surface area (Å²) >= 11 is 11.9. The number of hydrogen-bond donors (Lipinski definition) is 1. The summed E-state index contributed by atoms with van der Waals surface area (Å²) in [5.74, 6) is -1.51. The van der Waals surface area contributed by atoms with E-state index in [1.165, 1.54) is 32.2 Å². The minimum atomic E-state index is -0.748. The maximum Gasteiger partial charge on any atom is 0.343 e. The lowest BCUT2D eigenvalue weighted by molar-refractivity contribution is -0.135. The van der Waals surface area contributed by atoms with Gasteiger partial charge in [-0.15, -0.1) is 0 Å². The van der Waals surface area contributed by atoms with Gasteiger partial charge >= 0.3 is 5.97 Å². The lowest BCUT2D eigenvalue weighted by atomic mass is 9.99. The molecule has 6 nitrogen and oxygen atoms in total. The number of methoxy groups -OCH3 is 1. The Balaban J connectivity index is 2.13. The molecular formula is C20H14Cl2N2O4. The maximum atomic E-state index is 12.6. The van der Waals surface area contributed by atoms with Gasteiger partial charge in [-0.2, -0.15) is 4.99 Å². The fraction of sp³-hybridized carbons (Fsp3) is 0.100. The summed E-state index contributed by atoms with van der Waals surface area (Å²) in [5.41, 5.74) is 1.33. The highest BCUT2D eigenvalue weighted by atomic mass is 35.5. The highest BCUT2D eigenvalue weighted by Crippen LogP contribution is 2.27. The first-order valence-corrected chi connectivity index (χ1v) is 8.84. The van der Waals surface area contributed by atoms with Crippen molar-refractivity contribution in [1.29, 1.82) is 0 Å². The van der Waals surface area contributed by atoms with E-state index in [0.717, 1.165) is 0 Å². The fourth-order valence-corrected chi connectivity index (χ4v) is 3.21. The van der Waals surface area contributed by atoms with E-state index in [1.807, 2.05) is 0 Å². The number of esters is 1. The van der Waals surface area contributed by atoms with E-state index in [1.54, 1.807) is 24.3 Å². The number of amidine groups is 1. The van der Waals surface area contributed by atoms with Crippen LogP contribution in [0, 0.1) is 0 Å². The molecule has 1 heterocycles. The van der Waals surface area contributed by atoms with Crippen molar-refractivity contribution in [2.24, 2.45) is 9.98 Å². The predicted octanol–water partition coefficient (Wildman–Crippen LogP) is 4.39. The quantitative estimate of drug-likeness (QED) is 0.456. The van der Waals surface area contributed by atoms with Crippen LogP contribution in [0.15, 0.2) is 63.8 Å². The number of carbonyl (C=O) groups is 2. The van der Waals surface area contributed by atoms with Crippen LogP contribution in [0.1, 0.15) is 28.4 Å². The van der Waals surface area contributed by atoms with Crippen LogP contribution >= 0.6 is 23.2 Å². The number of amides is 1. The van der Waals surface area contributed by atoms with Gasteiger partial charge in [0.05, 0.1) is 23.4 Å². The third-order valence-corrected chi connectivity index (χ3v) is 4.55. The topological polar surface area (TPSA) is 88.3 Å². The van der Waals surface area contributed by atoms with Crippen LogP contribution in [-0.2, 0) is 9.53 Å². The molecule has 28 heavy (non-hydrogen) atoms. The first-order chi connectivity index (χ1) is 13.3. The molecule has 0 saturated carbocycles. The minimum Gasteiger partial charge on any atom is -0.512 e. The van der Waals surface area contributed by atoms with Crippen LogP contribution in [0.4, 0.5) is 0 Å². The number of halogens is 2. The molecule has 2 aromatic carbocycles. The SMILES string of the molecule is COC(=O)/C(C1=NC(=NC(=O)c2ccc(Cl)cc2Cl)c2ccccc21)=C(\C)O. The molecule has 0 spiro atoms. The van der Waals surface area contributed by atoms with Crippen molar-refractivity contribution in [3.63, 3.8) is 0 Å². The molecule has 2 aromatic rings. The van der Waals surface area contributed by atoms with Crippen LogP contribution < -0.4 is 0 Å². The third-order valence-electron chi connectivity index (χ3n) is 4.00. The summed E-state index contributed by atoms with van der Waals surface area (Å²) in [6.45, 7) is 1.35. The van der Waals surface area contributed by atoms with E-state index in [-0.39, 0.29) is 33.5 Å². The highest BCUT2D eigenvalue weighted by molar-refractivity contribution is 6.38. The Morgan fingerprint density at radius 3 is 2.39 bits per heavy atom. The number of carbonyl (C=O) groups excluding carboxylic acids is 2. The molecule has 1 amide bonds. The number of fused-ring (bicyclic) bond motifs is 1. The monoisotopic (exact) mass is 416 g/mol. The molecule has 0 unspecified atom stereocenters. The Morgan fingerprint density at radius 2 is 1.79 bits per heavy atom. The van der Waals surface area contributed by atoms with Crippen molar-refractivity contribution in [2.45, 2.75) is 6.92 Å². The number of rotatable bonds is 3. The molecule has 8 heteroatoms. The van der Waals surface area contributed by atoms with Crippen LogP contribution in [0.25, 0.3) is 0 Å². The molecule has 0 aromatic heterocycles. The fourth-order valence-electron chi connectivity index (χ4n) is 2.72. The van der Waals surface area contributed by atoms with Gasteiger partial charge in [0.2, 0.25) is 0 Å². The molecule has 0 atom stereocenters. The summed E-state index contributed by atoms with van der Waals surface area (Å²) in [6.07, 6.45) is 0. The second kappa shape index (κ2) is 7.96. The van der Waals surface area contributed by atoms with E-state index < -0.39 is 11.9 Å². The van der Waals surface area contributed by atoms with Gasteiger partial charge in [0.1, 0.15) is 11.3 Å². The van der Waals surface area contributed by atoms with E-state index in [9.17, 15) is 14.7 Å². The largest absolute Gasteiger partial charge is 0.512 e. The van der Waals surface area contributed by atoms with Gasteiger partial charge in [0.15, 0.2) is 5.84 Å². The summed E-state index contributed by atoms with van der Waals surface area (Å²) in [7, 11) is 1.20. The van der Waals surface area contributed by atoms with Gasteiger partial charge in [-0.25, -0.2) is 9.79 Å². The lowest BCUT2D eigenvalue weighted by Gasteiger charge is -2.07. The number of hydrogen-bond acceptors (Lipinski definition) is 4. The van der Waals surface area contributed by atoms with Gasteiger partial charge in [0, 0.05) is 16.1 Å². The average molecular weight is 417 g/mol. The number of aliphatic imine (C=N–C) groups is 2. The zero-order valence-corrected chi connectivity index (χ0v) is 16.4. The number of nitrogens with zero attached hydrogens (tertiary/aromatic N) is 2. The summed E-state index contributed by atoms with van der Waals surface area (Å²) in [6, 6.07) is 11.4. The smallest absolute Gasteiger partial charge is 0.343 e. The molecule has 0 fully saturated rings. The van der Waals surface area contributed by atoms with Crippen LogP contribution in [0.3, 0.4) is 0 Å². The average Bonchev–Trinajstić information content (AvgIpc) is 2.99. The molecule has 3 rings (SSSR count). The molecule has 0 bridgehead atoms. The van der Waals surface area contributed by atoms with E-state index in [2.05, 4.69) is 9.98 Å². The number of allylic oxidation sites excluding steroid dienone is 1. The molecular weight excluding hydrogens is 403 g/mol. The van der Waals surface area contributed by atoms with Crippen molar-refractivity contribution in [2.75, 3.05) is 7.11 Å². The van der Waals surface area contributed by atoms with Crippen molar-refractivity contribution in [3.05, 3.63) is 80.5 Å². The summed E-state index contributed by atoms with van der Waals surface area (Å²) in [5, 5.41) is 10.5. The Bertz CT molecular complexity index is 1080. The molecule has 0 saturated heterocycles. The molecule has 1 aliphatic rings. The summed E-state index contributed by atoms with van der Waals surface area (Å²) in [4.78, 5) is 33.1. The number of benzene rings is 2. The van der Waals surface area contributed by atoms with Gasteiger partial charge in [-0.05, 0) is 25.1 Å². The molecule has 0 aliphatic carbocycles. The van der Waals surface area contributed by atoms with Crippen molar-refractivity contribution < 1.29 is 19.4 Å². The number of ether oxygens (including phenoxy) is 1. The predicted molar refractivity (Wildman–Crippen MR) is 108 cm³/mol. The summed E-state index contributed by atoms with van der Waals surface area (Å²) < 4.78 is 4.74. The Kier molecular flexibility index (Phi) is 5.63. The van der Waals surface area contributed by atoms with Gasteiger partial charge in [-0.1, -0.05) is 47.5 Å². The maximum absolute atomic E-state index is 12.6. The zero-order valence-electron chi connectivity index (χ0n) is 14.9. The van der Waals surface area contributed by atoms with Crippen molar-refractivity contribution in [3.8, 4) is 0 Å². The lowest BCUT2D eigenvalue weighted by Crippen LogP contribution is -2.16. The van der Waals surface area contributed by atoms with Gasteiger partial charge in [-0.3, -0.25) is 4.79 Å². The third kappa shape index (κ3) is 3.69. The Hall–Kier alpha value is -2.96. The molecule has 1 N–H and O–H groups in total. The Morgan fingerprint density at radius 1 is 1.11 bits per heavy atom. The van der Waals surface area contributed by atoms with Crippen molar-refractivity contribution >= 4 is 46.6 Å². The molecule has 1 aliphatic heterocycles. The zero-order chi connectivity index (χ0) is 20.4. The minimum absolute atomic E-state index is 0.0999. The van der Waals surface area contributed by atoms with Crippen LogP contribution in [0.5, 0.6) is 0 Å². The van der Waals surface area contributed by atoms with Crippen molar-refractivity contribution in [1.82, 2.24) is 0 Å². The van der Waals surface area contributed by atoms with E-state index >= 15 is 0 Å². The van der Waals surface area contributed by atoms with E-state index in [0.29, 0.717) is 16.1 Å². The number of aliphatic hydroxyl groups excluding tert-OH is 1. The first kappa shape index (κ1) is 19.8. The normalized spacial score (nSPS) is 15.0. The van der Waals surface area contributed by atoms with Crippen LogP contribution in [0.2, 0.25) is 10.0 Å².